The molecule has 1 saturated heterocycles. The molecule has 6 nitrogen and oxygen atoms in total. The first-order valence-corrected chi connectivity index (χ1v) is 9.28. The zero-order valence-electron chi connectivity index (χ0n) is 13.6. The lowest BCUT2D eigenvalue weighted by Crippen LogP contribution is -2.47. The van der Waals surface area contributed by atoms with Gasteiger partial charge in [-0.15, -0.1) is 0 Å². The van der Waals surface area contributed by atoms with E-state index in [0.29, 0.717) is 39.3 Å². The fraction of sp³-hybridized carbons (Fsp3) is 0.500. The van der Waals surface area contributed by atoms with Crippen molar-refractivity contribution in [2.24, 2.45) is 7.05 Å². The summed E-state index contributed by atoms with van der Waals surface area (Å²) in [4.78, 5) is 0. The Balaban J connectivity index is 1.67. The van der Waals surface area contributed by atoms with Crippen LogP contribution in [0.5, 0.6) is 0 Å². The van der Waals surface area contributed by atoms with Crippen molar-refractivity contribution in [1.29, 1.82) is 0 Å². The van der Waals surface area contributed by atoms with Crippen LogP contribution in [0.15, 0.2) is 24.4 Å². The molecular weight excluding hydrogens is 314 g/mol. The van der Waals surface area contributed by atoms with E-state index in [1.807, 2.05) is 7.05 Å². The average Bonchev–Trinajstić information content (AvgIpc) is 2.84. The minimum absolute atomic E-state index is 0.396. The lowest BCUT2D eigenvalue weighted by Gasteiger charge is -2.26. The van der Waals surface area contributed by atoms with E-state index in [2.05, 4.69) is 40.6 Å². The zero-order valence-corrected chi connectivity index (χ0v) is 14.4. The minimum Gasteiger partial charge on any atom is -0.379 e. The Hall–Kier alpha value is -1.41. The van der Waals surface area contributed by atoms with Crippen molar-refractivity contribution >= 4 is 21.1 Å². The van der Waals surface area contributed by atoms with Crippen LogP contribution >= 0.6 is 0 Å². The van der Waals surface area contributed by atoms with Gasteiger partial charge in [-0.3, -0.25) is 0 Å². The Kier molecular flexibility index (Phi) is 4.72. The maximum absolute atomic E-state index is 12.2. The van der Waals surface area contributed by atoms with E-state index < -0.39 is 10.2 Å². The molecule has 0 unspecified atom stereocenters. The molecule has 1 fully saturated rings. The van der Waals surface area contributed by atoms with Crippen LogP contribution in [0.2, 0.25) is 0 Å². The quantitative estimate of drug-likeness (QED) is 0.892. The Morgan fingerprint density at radius 3 is 2.74 bits per heavy atom. The van der Waals surface area contributed by atoms with Crippen molar-refractivity contribution < 1.29 is 13.2 Å². The van der Waals surface area contributed by atoms with Gasteiger partial charge >= 0.3 is 0 Å². The Bertz CT molecular complexity index is 792. The first-order chi connectivity index (χ1) is 11.0. The maximum Gasteiger partial charge on any atom is 0.279 e. The summed E-state index contributed by atoms with van der Waals surface area (Å²) in [5.41, 5.74) is 3.56. The van der Waals surface area contributed by atoms with E-state index in [9.17, 15) is 8.42 Å². The third-order valence-corrected chi connectivity index (χ3v) is 5.83. The van der Waals surface area contributed by atoms with Gasteiger partial charge in [-0.1, -0.05) is 12.1 Å². The first-order valence-electron chi connectivity index (χ1n) is 7.84. The van der Waals surface area contributed by atoms with E-state index in [1.165, 1.54) is 20.8 Å². The highest BCUT2D eigenvalue weighted by Crippen LogP contribution is 2.22. The number of rotatable bonds is 5. The molecule has 1 aliphatic rings. The highest BCUT2D eigenvalue weighted by Gasteiger charge is 2.23. The van der Waals surface area contributed by atoms with Crippen LogP contribution in [0.3, 0.4) is 0 Å². The van der Waals surface area contributed by atoms with Gasteiger partial charge in [0.15, 0.2) is 0 Å². The third-order valence-electron chi connectivity index (χ3n) is 4.22. The summed E-state index contributed by atoms with van der Waals surface area (Å²) in [5, 5.41) is 1.18. The predicted octanol–water partition coefficient (Wildman–Crippen LogP) is 1.20. The lowest BCUT2D eigenvalue weighted by molar-refractivity contribution is 0.0725. The Labute approximate surface area is 137 Å². The van der Waals surface area contributed by atoms with Crippen LogP contribution in [0.4, 0.5) is 0 Å². The van der Waals surface area contributed by atoms with Gasteiger partial charge in [0.05, 0.1) is 13.2 Å². The topological polar surface area (TPSA) is 63.6 Å². The third kappa shape index (κ3) is 3.58. The van der Waals surface area contributed by atoms with Crippen LogP contribution in [0.1, 0.15) is 11.1 Å². The largest absolute Gasteiger partial charge is 0.379 e. The van der Waals surface area contributed by atoms with E-state index in [1.54, 1.807) is 0 Å². The maximum atomic E-state index is 12.2. The summed E-state index contributed by atoms with van der Waals surface area (Å²) in [6.45, 7) is 4.23. The van der Waals surface area contributed by atoms with Gasteiger partial charge in [0.2, 0.25) is 0 Å². The number of benzene rings is 1. The lowest BCUT2D eigenvalue weighted by atomic mass is 10.1. The van der Waals surface area contributed by atoms with Crippen molar-refractivity contribution in [3.63, 3.8) is 0 Å². The fourth-order valence-corrected chi connectivity index (χ4v) is 4.14. The summed E-state index contributed by atoms with van der Waals surface area (Å²) in [5.74, 6) is 0. The summed E-state index contributed by atoms with van der Waals surface area (Å²) >= 11 is 0. The van der Waals surface area contributed by atoms with Gasteiger partial charge in [-0.2, -0.15) is 12.7 Å². The Morgan fingerprint density at radius 1 is 1.26 bits per heavy atom. The molecule has 2 heterocycles. The highest BCUT2D eigenvalue weighted by atomic mass is 32.2. The second-order valence-electron chi connectivity index (χ2n) is 5.95. The number of hydrogen-bond donors (Lipinski definition) is 1. The van der Waals surface area contributed by atoms with Gasteiger partial charge in [-0.25, -0.2) is 4.72 Å². The van der Waals surface area contributed by atoms with Gasteiger partial charge < -0.3 is 9.30 Å². The Morgan fingerprint density at radius 2 is 2.00 bits per heavy atom. The molecule has 1 aromatic carbocycles. The number of ether oxygens (including phenoxy) is 1. The van der Waals surface area contributed by atoms with Gasteiger partial charge in [0, 0.05) is 43.8 Å². The normalized spacial score (nSPS) is 17.0. The van der Waals surface area contributed by atoms with Crippen LogP contribution in [-0.4, -0.2) is 50.1 Å². The van der Waals surface area contributed by atoms with Crippen LogP contribution in [-0.2, 0) is 28.4 Å². The number of nitrogens with one attached hydrogen (secondary N) is 1. The van der Waals surface area contributed by atoms with Gasteiger partial charge in [0.1, 0.15) is 0 Å². The highest BCUT2D eigenvalue weighted by molar-refractivity contribution is 7.87. The van der Waals surface area contributed by atoms with Crippen molar-refractivity contribution in [3.05, 3.63) is 35.5 Å². The molecule has 23 heavy (non-hydrogen) atoms. The van der Waals surface area contributed by atoms with Crippen molar-refractivity contribution in [3.8, 4) is 0 Å². The molecule has 0 aliphatic carbocycles. The molecule has 0 radical (unpaired) electrons. The smallest absolute Gasteiger partial charge is 0.279 e. The van der Waals surface area contributed by atoms with E-state index >= 15 is 0 Å². The van der Waals surface area contributed by atoms with Crippen molar-refractivity contribution in [2.45, 2.75) is 13.3 Å². The summed E-state index contributed by atoms with van der Waals surface area (Å²) in [7, 11) is -1.39. The van der Waals surface area contributed by atoms with Crippen LogP contribution < -0.4 is 4.72 Å². The average molecular weight is 337 g/mol. The number of nitrogens with zero attached hydrogens (tertiary/aromatic N) is 2. The minimum atomic E-state index is -3.41. The van der Waals surface area contributed by atoms with Gasteiger partial charge in [0.25, 0.3) is 10.2 Å². The summed E-state index contributed by atoms with van der Waals surface area (Å²) in [6.07, 6.45) is 2.75. The second-order valence-corrected chi connectivity index (χ2v) is 7.70. The van der Waals surface area contributed by atoms with E-state index in [-0.39, 0.29) is 0 Å². The number of morpholine rings is 1. The SMILES string of the molecule is Cc1ccc2c(CCNS(=O)(=O)N3CCOCC3)cn(C)c2c1. The molecule has 1 N–H and O–H groups in total. The van der Waals surface area contributed by atoms with E-state index in [0.717, 1.165) is 5.56 Å². The summed E-state index contributed by atoms with van der Waals surface area (Å²) in [6, 6.07) is 6.34. The zero-order chi connectivity index (χ0) is 16.4. The van der Waals surface area contributed by atoms with Crippen molar-refractivity contribution in [2.75, 3.05) is 32.8 Å². The molecule has 7 heteroatoms. The fourth-order valence-electron chi connectivity index (χ4n) is 2.97. The molecule has 1 aromatic heterocycles. The van der Waals surface area contributed by atoms with Crippen LogP contribution in [0, 0.1) is 6.92 Å². The molecule has 1 aliphatic heterocycles. The standard InChI is InChI=1S/C16H23N3O3S/c1-13-3-4-15-14(12-18(2)16(15)11-13)5-6-17-23(20,21)19-7-9-22-10-8-19/h3-4,11-12,17H,5-10H2,1-2H3. The molecule has 0 amide bonds. The number of hydrogen-bond acceptors (Lipinski definition) is 3. The van der Waals surface area contributed by atoms with E-state index in [4.69, 9.17) is 4.74 Å². The van der Waals surface area contributed by atoms with Crippen LogP contribution in [0.25, 0.3) is 10.9 Å². The number of fused-ring (bicyclic) bond motifs is 1. The molecule has 0 saturated carbocycles. The van der Waals surface area contributed by atoms with Gasteiger partial charge in [-0.05, 0) is 30.5 Å². The molecule has 0 spiro atoms. The van der Waals surface area contributed by atoms with Crippen molar-refractivity contribution in [1.82, 2.24) is 13.6 Å². The molecule has 0 atom stereocenters. The first kappa shape index (κ1) is 16.4. The monoisotopic (exact) mass is 337 g/mol. The number of aromatic nitrogens is 1. The number of aryl methyl sites for hydroxylation is 2. The molecule has 2 aromatic rings. The summed E-state index contributed by atoms with van der Waals surface area (Å²) < 4.78 is 35.9. The molecule has 0 bridgehead atoms. The molecule has 126 valence electrons. The molecule has 3 rings (SSSR count). The molecular formula is C16H23N3O3S. The second kappa shape index (κ2) is 6.60. The predicted molar refractivity (Wildman–Crippen MR) is 90.7 cm³/mol.